The van der Waals surface area contributed by atoms with E-state index < -0.39 is 54.4 Å². The zero-order valence-electron chi connectivity index (χ0n) is 37.0. The first-order valence-electron chi connectivity index (χ1n) is 20.9. The molecule has 3 aromatic rings. The predicted octanol–water partition coefficient (Wildman–Crippen LogP) is 6.18. The average Bonchev–Trinajstić information content (AvgIpc) is 4.06. The summed E-state index contributed by atoms with van der Waals surface area (Å²) in [5.41, 5.74) is 0.995. The van der Waals surface area contributed by atoms with Crippen molar-refractivity contribution in [3.05, 3.63) is 60.9 Å². The maximum absolute atomic E-state index is 13.5. The van der Waals surface area contributed by atoms with E-state index in [1.807, 2.05) is 19.9 Å². The quantitative estimate of drug-likeness (QED) is 0.128. The van der Waals surface area contributed by atoms with Gasteiger partial charge < -0.3 is 47.3 Å². The molecule has 17 heteroatoms. The lowest BCUT2D eigenvalue weighted by molar-refractivity contribution is -0.159. The van der Waals surface area contributed by atoms with E-state index in [1.165, 1.54) is 43.0 Å². The number of ketones is 2. The van der Waals surface area contributed by atoms with Crippen LogP contribution in [0.3, 0.4) is 0 Å². The fourth-order valence-electron chi connectivity index (χ4n) is 7.28. The van der Waals surface area contributed by atoms with Crippen molar-refractivity contribution in [3.63, 3.8) is 0 Å². The first-order valence-corrected chi connectivity index (χ1v) is 20.9. The molecule has 0 saturated heterocycles. The van der Waals surface area contributed by atoms with Crippen molar-refractivity contribution in [2.75, 3.05) is 28.4 Å². The molecule has 1 amide bonds. The van der Waals surface area contributed by atoms with Crippen LogP contribution in [0.15, 0.2) is 62.5 Å². The molecule has 11 atom stereocenters. The maximum Gasteiger partial charge on any atom is 0.308 e. The topological polar surface area (TPSA) is 227 Å². The number of aliphatic hydroxyl groups excluding tert-OH is 2. The minimum Gasteiger partial charge on any atom is -0.462 e. The number of esters is 1. The second-order valence-electron chi connectivity index (χ2n) is 16.1. The number of hydrogen-bond donors (Lipinski definition) is 2. The van der Waals surface area contributed by atoms with Crippen LogP contribution in [0.25, 0.3) is 29.2 Å². The summed E-state index contributed by atoms with van der Waals surface area (Å²) < 4.78 is 40.6. The van der Waals surface area contributed by atoms with Gasteiger partial charge in [0.1, 0.15) is 42.5 Å². The van der Waals surface area contributed by atoms with Crippen molar-refractivity contribution >= 4 is 30.0 Å². The molecule has 3 aromatic heterocycles. The largest absolute Gasteiger partial charge is 0.462 e. The van der Waals surface area contributed by atoms with Gasteiger partial charge in [0.25, 0.3) is 0 Å². The summed E-state index contributed by atoms with van der Waals surface area (Å²) in [7, 11) is 6.16. The Morgan fingerprint density at radius 3 is 2.32 bits per heavy atom. The lowest BCUT2D eigenvalue weighted by atomic mass is 9.84. The minimum absolute atomic E-state index is 0.00560. The Bertz CT molecular complexity index is 1980. The molecule has 0 aromatic carbocycles. The highest BCUT2D eigenvalue weighted by atomic mass is 16.6. The van der Waals surface area contributed by atoms with Gasteiger partial charge in [-0.2, -0.15) is 0 Å². The van der Waals surface area contributed by atoms with E-state index in [2.05, 4.69) is 15.0 Å². The van der Waals surface area contributed by atoms with Crippen LogP contribution in [0, 0.1) is 29.6 Å². The Morgan fingerprint density at radius 1 is 0.952 bits per heavy atom. The molecule has 2 N–H and O–H groups in total. The van der Waals surface area contributed by atoms with Gasteiger partial charge in [0, 0.05) is 65.2 Å². The van der Waals surface area contributed by atoms with Crippen LogP contribution in [0.1, 0.15) is 90.8 Å². The third-order valence-corrected chi connectivity index (χ3v) is 11.5. The fraction of sp³-hybridized carbons (Fsp3) is 0.578. The van der Waals surface area contributed by atoms with Gasteiger partial charge in [-0.25, -0.2) is 15.0 Å². The van der Waals surface area contributed by atoms with Crippen LogP contribution in [-0.2, 0) is 38.1 Å². The molecule has 0 aliphatic carbocycles. The van der Waals surface area contributed by atoms with E-state index in [4.69, 9.17) is 32.2 Å². The Kier molecular flexibility index (Phi) is 19.2. The predicted molar refractivity (Wildman–Crippen MR) is 225 cm³/mol. The second kappa shape index (κ2) is 24.0. The number of methoxy groups -OCH3 is 3. The van der Waals surface area contributed by atoms with E-state index >= 15 is 0 Å². The third kappa shape index (κ3) is 13.7. The number of aromatic nitrogens is 3. The van der Waals surface area contributed by atoms with Crippen molar-refractivity contribution in [2.24, 2.45) is 29.6 Å². The van der Waals surface area contributed by atoms with Gasteiger partial charge >= 0.3 is 5.97 Å². The highest BCUT2D eigenvalue weighted by Gasteiger charge is 2.34. The molecule has 6 bridgehead atoms. The van der Waals surface area contributed by atoms with Crippen LogP contribution < -0.4 is 0 Å². The van der Waals surface area contributed by atoms with Crippen LogP contribution in [0.4, 0.5) is 0 Å². The van der Waals surface area contributed by atoms with Crippen LogP contribution in [0.5, 0.6) is 0 Å². The van der Waals surface area contributed by atoms with Crippen LogP contribution in [0.2, 0.25) is 0 Å². The monoisotopic (exact) mass is 866 g/mol. The van der Waals surface area contributed by atoms with E-state index in [0.29, 0.717) is 36.3 Å². The highest BCUT2D eigenvalue weighted by Crippen LogP contribution is 2.31. The number of carbonyl (C=O) groups is 4. The van der Waals surface area contributed by atoms with Gasteiger partial charge in [0.05, 0.1) is 36.8 Å². The summed E-state index contributed by atoms with van der Waals surface area (Å²) in [6.07, 6.45) is 10.8. The second-order valence-corrected chi connectivity index (χ2v) is 16.1. The number of Topliss-reactive ketones (excluding diaryl/α,β-unsaturated/α-hetero) is 1. The number of ether oxygens (including phenoxy) is 4. The molecule has 17 nitrogen and oxygen atoms in total. The van der Waals surface area contributed by atoms with E-state index in [0.717, 1.165) is 0 Å². The summed E-state index contributed by atoms with van der Waals surface area (Å²) >= 11 is 0. The molecule has 4 rings (SSSR count). The van der Waals surface area contributed by atoms with Gasteiger partial charge in [0.2, 0.25) is 24.1 Å². The number of hydrogen-bond acceptors (Lipinski definition) is 16. The number of oxazole rings is 3. The number of amides is 1. The molecule has 62 heavy (non-hydrogen) atoms. The molecular formula is C45H62N4O13. The number of allylic oxidation sites excluding steroid dienone is 1. The average molecular weight is 867 g/mol. The molecule has 0 radical (unpaired) electrons. The van der Waals surface area contributed by atoms with Crippen LogP contribution >= 0.6 is 0 Å². The summed E-state index contributed by atoms with van der Waals surface area (Å²) in [6.45, 7) is 9.01. The third-order valence-electron chi connectivity index (χ3n) is 11.5. The van der Waals surface area contributed by atoms with E-state index in [9.17, 15) is 29.4 Å². The van der Waals surface area contributed by atoms with Crippen molar-refractivity contribution in [3.8, 4) is 23.2 Å². The number of rotatable bonds is 15. The van der Waals surface area contributed by atoms with Gasteiger partial charge in [-0.3, -0.25) is 19.2 Å². The SMILES string of the molecule is CO[C@H]1C/C=C/c2nc(co2)-c2nc(co2)-c2nc(co2)[C@@H](OC)[C@@H](C)C(=O)/C=C/C[C@H](O)CC(=O)O[C@@H](C[C@H](OC)[C@@H](C)CCC(=O)[C@@H](C)[C@H](O)[C@H](C)/C=C/N(C)C=O)[C@@H]1C. The Morgan fingerprint density at radius 2 is 1.63 bits per heavy atom. The van der Waals surface area contributed by atoms with Gasteiger partial charge in [-0.05, 0) is 37.3 Å². The van der Waals surface area contributed by atoms with Crippen LogP contribution in [-0.4, -0.2) is 113 Å². The summed E-state index contributed by atoms with van der Waals surface area (Å²) in [6, 6.07) is 0. The zero-order valence-corrected chi connectivity index (χ0v) is 37.0. The van der Waals surface area contributed by atoms with Crippen molar-refractivity contribution in [2.45, 2.75) is 110 Å². The fourth-order valence-corrected chi connectivity index (χ4v) is 7.28. The molecule has 0 fully saturated rings. The number of cyclic esters (lactones) is 1. The number of aliphatic hydroxyl groups is 2. The molecule has 1 aliphatic heterocycles. The maximum atomic E-state index is 13.5. The molecule has 0 spiro atoms. The van der Waals surface area contributed by atoms with E-state index in [1.54, 1.807) is 60.4 Å². The number of nitrogens with zero attached hydrogens (tertiary/aromatic N) is 4. The first kappa shape index (κ1) is 49.6. The Labute approximate surface area is 362 Å². The van der Waals surface area contributed by atoms with Gasteiger partial charge in [-0.1, -0.05) is 52.8 Å². The standard InChI is InChI=1S/C45H62N4O13/c1-26(16-17-36(53)28(3)42(55)27(2)18-19-49(6)25-50)38(57-8)21-39-30(5)37(56-7)14-11-15-40-46-33(23-59-40)44-48-34(24-61-44)45-47-32(22-60-45)43(58-9)29(4)35(52)13-10-12-31(51)20-41(54)62-39/h10-11,13,15,18-19,22-31,37-39,42-43,51,55H,12,14,16-17,20-21H2,1-9H3/b13-10+,15-11+,19-18+/t26-,27+,28+,29-,30+,31-,37-,38-,39-,42+,43-/m0/s1. The smallest absolute Gasteiger partial charge is 0.308 e. The summed E-state index contributed by atoms with van der Waals surface area (Å²) in [5, 5.41) is 21.7. The Balaban J connectivity index is 1.54. The summed E-state index contributed by atoms with van der Waals surface area (Å²) in [4.78, 5) is 65.6. The van der Waals surface area contributed by atoms with Gasteiger partial charge in [-0.15, -0.1) is 0 Å². The molecule has 0 unspecified atom stereocenters. The molecular weight excluding hydrogens is 805 g/mol. The molecule has 340 valence electrons. The first-order chi connectivity index (χ1) is 29.6. The lowest BCUT2D eigenvalue weighted by Gasteiger charge is -2.33. The molecule has 4 heterocycles. The minimum atomic E-state index is -1.15. The lowest BCUT2D eigenvalue weighted by Crippen LogP contribution is -2.39. The highest BCUT2D eigenvalue weighted by molar-refractivity contribution is 5.92. The van der Waals surface area contributed by atoms with Gasteiger partial charge in [0.15, 0.2) is 17.2 Å². The normalized spacial score (nSPS) is 25.4. The van der Waals surface area contributed by atoms with Crippen molar-refractivity contribution in [1.82, 2.24) is 19.9 Å². The van der Waals surface area contributed by atoms with Crippen molar-refractivity contribution in [1.29, 1.82) is 0 Å². The number of fused-ring (bicyclic) bond motifs is 8. The Hall–Kier alpha value is -5.07. The molecule has 0 saturated carbocycles. The van der Waals surface area contributed by atoms with E-state index in [-0.39, 0.29) is 72.7 Å². The molecule has 1 aliphatic rings. The van der Waals surface area contributed by atoms with Crippen molar-refractivity contribution < 1.29 is 61.6 Å². The number of carbonyl (C=O) groups excluding carboxylic acids is 4. The zero-order chi connectivity index (χ0) is 45.5. The summed E-state index contributed by atoms with van der Waals surface area (Å²) in [5.74, 6) is -2.71.